The second-order valence-corrected chi connectivity index (χ2v) is 4.03. The molecule has 0 fully saturated rings. The van der Waals surface area contributed by atoms with Gasteiger partial charge in [-0.05, 0) is 24.6 Å². The minimum absolute atomic E-state index is 0.101. The fourth-order valence-electron chi connectivity index (χ4n) is 1.81. The summed E-state index contributed by atoms with van der Waals surface area (Å²) in [6.07, 6.45) is 2.21. The average Bonchev–Trinajstić information content (AvgIpc) is 2.40. The molecule has 0 bridgehead atoms. The van der Waals surface area contributed by atoms with Crippen molar-refractivity contribution in [3.05, 3.63) is 66.2 Å². The maximum atomic E-state index is 6.01. The molecule has 2 aromatic carbocycles. The molecule has 87 valence electrons. The number of hydrogen-bond acceptors (Lipinski definition) is 1. The Morgan fingerprint density at radius 2 is 1.82 bits per heavy atom. The van der Waals surface area contributed by atoms with Crippen LogP contribution in [0.2, 0.25) is 0 Å². The summed E-state index contributed by atoms with van der Waals surface area (Å²) in [5.41, 5.74) is 1.12. The van der Waals surface area contributed by atoms with Gasteiger partial charge in [0, 0.05) is 5.56 Å². The van der Waals surface area contributed by atoms with Crippen LogP contribution in [-0.4, -0.2) is 0 Å². The molecule has 1 radical (unpaired) electrons. The largest absolute Gasteiger partial charge is 0.486 e. The molecule has 0 amide bonds. The van der Waals surface area contributed by atoms with Crippen molar-refractivity contribution in [1.82, 2.24) is 0 Å². The maximum Gasteiger partial charge on any atom is 0.124 e. The molecule has 0 aliphatic rings. The Balaban J connectivity index is 2.13. The summed E-state index contributed by atoms with van der Waals surface area (Å²) in [5.74, 6) is 0.920. The van der Waals surface area contributed by atoms with Gasteiger partial charge in [-0.3, -0.25) is 0 Å². The van der Waals surface area contributed by atoms with Gasteiger partial charge in [-0.1, -0.05) is 55.8 Å². The number of benzene rings is 2. The Labute approximate surface area is 103 Å². The van der Waals surface area contributed by atoms with Gasteiger partial charge in [-0.2, -0.15) is 0 Å². The van der Waals surface area contributed by atoms with E-state index in [2.05, 4.69) is 19.1 Å². The van der Waals surface area contributed by atoms with Gasteiger partial charge >= 0.3 is 0 Å². The van der Waals surface area contributed by atoms with Gasteiger partial charge in [0.15, 0.2) is 0 Å². The van der Waals surface area contributed by atoms with E-state index in [0.29, 0.717) is 0 Å². The van der Waals surface area contributed by atoms with Crippen LogP contribution in [0.1, 0.15) is 31.4 Å². The number of para-hydroxylation sites is 1. The van der Waals surface area contributed by atoms with E-state index >= 15 is 0 Å². The maximum absolute atomic E-state index is 6.01. The first-order valence-corrected chi connectivity index (χ1v) is 6.08. The Kier molecular flexibility index (Phi) is 4.20. The third-order valence-corrected chi connectivity index (χ3v) is 2.65. The SMILES string of the molecule is CCCC(Oc1ccccc1)c1[c]cccc1. The van der Waals surface area contributed by atoms with Crippen LogP contribution in [0.15, 0.2) is 54.6 Å². The molecule has 0 aromatic heterocycles. The molecule has 0 N–H and O–H groups in total. The molecule has 0 aliphatic heterocycles. The lowest BCUT2D eigenvalue weighted by Crippen LogP contribution is -2.07. The molecule has 2 rings (SSSR count). The molecule has 1 heteroatoms. The Morgan fingerprint density at radius 3 is 2.47 bits per heavy atom. The van der Waals surface area contributed by atoms with Gasteiger partial charge in [0.1, 0.15) is 11.9 Å². The van der Waals surface area contributed by atoms with Crippen molar-refractivity contribution in [2.24, 2.45) is 0 Å². The predicted molar refractivity (Wildman–Crippen MR) is 70.0 cm³/mol. The van der Waals surface area contributed by atoms with Gasteiger partial charge in [-0.15, -0.1) is 0 Å². The van der Waals surface area contributed by atoms with E-state index in [1.54, 1.807) is 0 Å². The van der Waals surface area contributed by atoms with Crippen molar-refractivity contribution < 1.29 is 4.74 Å². The van der Waals surface area contributed by atoms with Gasteiger partial charge in [0.25, 0.3) is 0 Å². The smallest absolute Gasteiger partial charge is 0.124 e. The third kappa shape index (κ3) is 3.35. The standard InChI is InChI=1S/C16H17O/c1-2-9-16(14-10-5-3-6-11-14)17-15-12-7-4-8-13-15/h3-8,10,12-13,16H,2,9H2,1H3. The Hall–Kier alpha value is -1.76. The first-order chi connectivity index (χ1) is 8.40. The molecule has 0 aliphatic carbocycles. The highest BCUT2D eigenvalue weighted by molar-refractivity contribution is 5.24. The zero-order valence-electron chi connectivity index (χ0n) is 10.1. The minimum atomic E-state index is 0.101. The van der Waals surface area contributed by atoms with Crippen LogP contribution in [0.5, 0.6) is 5.75 Å². The summed E-state index contributed by atoms with van der Waals surface area (Å²) in [5, 5.41) is 0. The zero-order chi connectivity index (χ0) is 11.9. The van der Waals surface area contributed by atoms with Crippen LogP contribution >= 0.6 is 0 Å². The Bertz CT molecular complexity index is 422. The fraction of sp³-hybridized carbons (Fsp3) is 0.250. The van der Waals surface area contributed by atoms with Crippen molar-refractivity contribution >= 4 is 0 Å². The number of ether oxygens (including phenoxy) is 1. The first kappa shape index (κ1) is 11.7. The van der Waals surface area contributed by atoms with Crippen LogP contribution in [0.25, 0.3) is 0 Å². The van der Waals surface area contributed by atoms with Gasteiger partial charge in [0.2, 0.25) is 0 Å². The van der Waals surface area contributed by atoms with Crippen LogP contribution < -0.4 is 4.74 Å². The summed E-state index contributed by atoms with van der Waals surface area (Å²) in [7, 11) is 0. The highest BCUT2D eigenvalue weighted by Crippen LogP contribution is 2.25. The highest BCUT2D eigenvalue weighted by Gasteiger charge is 2.11. The highest BCUT2D eigenvalue weighted by atomic mass is 16.5. The normalized spacial score (nSPS) is 12.1. The van der Waals surface area contributed by atoms with Gasteiger partial charge in [0.05, 0.1) is 0 Å². The molecule has 17 heavy (non-hydrogen) atoms. The lowest BCUT2D eigenvalue weighted by Gasteiger charge is -2.18. The molecule has 0 heterocycles. The van der Waals surface area contributed by atoms with E-state index in [1.165, 1.54) is 0 Å². The third-order valence-electron chi connectivity index (χ3n) is 2.65. The topological polar surface area (TPSA) is 9.23 Å². The predicted octanol–water partition coefficient (Wildman–Crippen LogP) is 4.41. The summed E-state index contributed by atoms with van der Waals surface area (Å²) in [4.78, 5) is 0. The molecule has 0 saturated heterocycles. The van der Waals surface area contributed by atoms with E-state index in [1.807, 2.05) is 48.5 Å². The van der Waals surface area contributed by atoms with E-state index in [-0.39, 0.29) is 6.10 Å². The van der Waals surface area contributed by atoms with Crippen LogP contribution in [0.4, 0.5) is 0 Å². The summed E-state index contributed by atoms with van der Waals surface area (Å²) in [6, 6.07) is 21.2. The van der Waals surface area contributed by atoms with Gasteiger partial charge < -0.3 is 4.74 Å². The molecule has 1 atom stereocenters. The second-order valence-electron chi connectivity index (χ2n) is 4.03. The summed E-state index contributed by atoms with van der Waals surface area (Å²) in [6.45, 7) is 2.17. The van der Waals surface area contributed by atoms with Crippen molar-refractivity contribution in [3.8, 4) is 5.75 Å². The van der Waals surface area contributed by atoms with E-state index in [4.69, 9.17) is 4.74 Å². The fourth-order valence-corrected chi connectivity index (χ4v) is 1.81. The van der Waals surface area contributed by atoms with Gasteiger partial charge in [-0.25, -0.2) is 0 Å². The lowest BCUT2D eigenvalue weighted by atomic mass is 10.1. The molecule has 2 aromatic rings. The minimum Gasteiger partial charge on any atom is -0.486 e. The Morgan fingerprint density at radius 1 is 1.06 bits per heavy atom. The van der Waals surface area contributed by atoms with E-state index < -0.39 is 0 Å². The van der Waals surface area contributed by atoms with E-state index in [9.17, 15) is 0 Å². The first-order valence-electron chi connectivity index (χ1n) is 6.08. The number of hydrogen-bond donors (Lipinski definition) is 0. The summed E-state index contributed by atoms with van der Waals surface area (Å²) >= 11 is 0. The van der Waals surface area contributed by atoms with Crippen molar-refractivity contribution in [1.29, 1.82) is 0 Å². The van der Waals surface area contributed by atoms with Crippen LogP contribution in [0, 0.1) is 6.07 Å². The second kappa shape index (κ2) is 6.09. The van der Waals surface area contributed by atoms with Crippen LogP contribution in [0.3, 0.4) is 0 Å². The quantitative estimate of drug-likeness (QED) is 0.732. The molecule has 0 spiro atoms. The molecular weight excluding hydrogens is 208 g/mol. The molecule has 0 saturated carbocycles. The van der Waals surface area contributed by atoms with Crippen molar-refractivity contribution in [3.63, 3.8) is 0 Å². The lowest BCUT2D eigenvalue weighted by molar-refractivity contribution is 0.193. The molecule has 1 nitrogen and oxygen atoms in total. The average molecular weight is 225 g/mol. The zero-order valence-corrected chi connectivity index (χ0v) is 10.1. The molecule has 1 unspecified atom stereocenters. The number of rotatable bonds is 5. The monoisotopic (exact) mass is 225 g/mol. The molecular formula is C16H17O. The van der Waals surface area contributed by atoms with E-state index in [0.717, 1.165) is 24.2 Å². The van der Waals surface area contributed by atoms with Crippen molar-refractivity contribution in [2.45, 2.75) is 25.9 Å². The van der Waals surface area contributed by atoms with Crippen molar-refractivity contribution in [2.75, 3.05) is 0 Å². The van der Waals surface area contributed by atoms with Crippen LogP contribution in [-0.2, 0) is 0 Å². The summed E-state index contributed by atoms with van der Waals surface area (Å²) < 4.78 is 6.01.